The van der Waals surface area contributed by atoms with Crippen LogP contribution in [0.15, 0.2) is 18.2 Å². The van der Waals surface area contributed by atoms with Crippen LogP contribution in [0.25, 0.3) is 0 Å². The van der Waals surface area contributed by atoms with Gasteiger partial charge in [0.25, 0.3) is 0 Å². The third-order valence-corrected chi connectivity index (χ3v) is 5.20. The largest absolute Gasteiger partial charge is 0.388 e. The summed E-state index contributed by atoms with van der Waals surface area (Å²) in [6.45, 7) is 0. The zero-order chi connectivity index (χ0) is 13.6. The van der Waals surface area contributed by atoms with E-state index in [0.717, 1.165) is 12.8 Å². The van der Waals surface area contributed by atoms with Crippen LogP contribution in [0.2, 0.25) is 5.02 Å². The first kappa shape index (κ1) is 13.3. The second-order valence-corrected chi connectivity index (χ2v) is 6.30. The first-order valence-electron chi connectivity index (χ1n) is 6.91. The molecule has 2 nitrogen and oxygen atoms in total. The van der Waals surface area contributed by atoms with Gasteiger partial charge >= 0.3 is 0 Å². The normalized spacial score (nSPS) is 32.5. The molecular formula is C15H19ClFNO. The van der Waals surface area contributed by atoms with Gasteiger partial charge in [0.2, 0.25) is 0 Å². The number of rotatable bonds is 2. The Kier molecular flexibility index (Phi) is 3.54. The predicted molar refractivity (Wildman–Crippen MR) is 73.7 cm³/mol. The minimum absolute atomic E-state index is 0.188. The summed E-state index contributed by atoms with van der Waals surface area (Å²) in [7, 11) is 2.17. The van der Waals surface area contributed by atoms with E-state index in [-0.39, 0.29) is 11.7 Å². The monoisotopic (exact) mass is 283 g/mol. The highest BCUT2D eigenvalue weighted by Gasteiger charge is 2.41. The number of aliphatic hydroxyl groups excluding tert-OH is 1. The summed E-state index contributed by atoms with van der Waals surface area (Å²) in [5.74, 6) is -0.151. The highest BCUT2D eigenvalue weighted by atomic mass is 35.5. The van der Waals surface area contributed by atoms with Crippen molar-refractivity contribution in [3.63, 3.8) is 0 Å². The number of fused-ring (bicyclic) bond motifs is 2. The summed E-state index contributed by atoms with van der Waals surface area (Å²) in [5, 5.41) is 11.0. The highest BCUT2D eigenvalue weighted by molar-refractivity contribution is 6.31. The van der Waals surface area contributed by atoms with E-state index in [1.54, 1.807) is 0 Å². The molecular weight excluding hydrogens is 265 g/mol. The second kappa shape index (κ2) is 5.04. The van der Waals surface area contributed by atoms with Crippen molar-refractivity contribution >= 4 is 11.6 Å². The summed E-state index contributed by atoms with van der Waals surface area (Å²) in [4.78, 5) is 2.43. The van der Waals surface area contributed by atoms with Crippen LogP contribution < -0.4 is 0 Å². The van der Waals surface area contributed by atoms with Gasteiger partial charge in [-0.2, -0.15) is 0 Å². The second-order valence-electron chi connectivity index (χ2n) is 5.89. The molecule has 0 saturated carbocycles. The van der Waals surface area contributed by atoms with Crippen LogP contribution >= 0.6 is 11.6 Å². The third-order valence-electron chi connectivity index (χ3n) is 4.86. The first-order chi connectivity index (χ1) is 9.06. The van der Waals surface area contributed by atoms with Crippen LogP contribution in [-0.2, 0) is 0 Å². The van der Waals surface area contributed by atoms with Crippen molar-refractivity contribution in [1.29, 1.82) is 0 Å². The molecule has 104 valence electrons. The fourth-order valence-corrected chi connectivity index (χ4v) is 3.94. The number of benzene rings is 1. The molecule has 3 unspecified atom stereocenters. The molecule has 4 heteroatoms. The van der Waals surface area contributed by atoms with Gasteiger partial charge < -0.3 is 10.0 Å². The minimum Gasteiger partial charge on any atom is -0.388 e. The van der Waals surface area contributed by atoms with Crippen molar-refractivity contribution < 1.29 is 9.50 Å². The lowest BCUT2D eigenvalue weighted by atomic mass is 9.84. The van der Waals surface area contributed by atoms with Crippen LogP contribution in [0, 0.1) is 11.7 Å². The Bertz CT molecular complexity index is 467. The Hall–Kier alpha value is -0.640. The van der Waals surface area contributed by atoms with Gasteiger partial charge in [-0.25, -0.2) is 4.39 Å². The number of piperidine rings is 1. The van der Waals surface area contributed by atoms with E-state index in [1.165, 1.54) is 31.0 Å². The van der Waals surface area contributed by atoms with Crippen molar-refractivity contribution in [3.05, 3.63) is 34.6 Å². The first-order valence-corrected chi connectivity index (χ1v) is 7.29. The Balaban J connectivity index is 1.81. The number of hydrogen-bond acceptors (Lipinski definition) is 2. The smallest absolute Gasteiger partial charge is 0.123 e. The molecule has 0 spiro atoms. The maximum Gasteiger partial charge on any atom is 0.123 e. The zero-order valence-electron chi connectivity index (χ0n) is 11.0. The van der Waals surface area contributed by atoms with Gasteiger partial charge in [-0.3, -0.25) is 0 Å². The molecule has 1 N–H and O–H groups in total. The molecule has 19 heavy (non-hydrogen) atoms. The van der Waals surface area contributed by atoms with Crippen LogP contribution in [0.3, 0.4) is 0 Å². The molecule has 0 aliphatic carbocycles. The summed E-state index contributed by atoms with van der Waals surface area (Å²) >= 11 is 6.09. The Labute approximate surface area is 118 Å². The van der Waals surface area contributed by atoms with Gasteiger partial charge in [-0.05, 0) is 56.8 Å². The van der Waals surface area contributed by atoms with Gasteiger partial charge in [0, 0.05) is 22.7 Å². The number of nitrogens with zero attached hydrogens (tertiary/aromatic N) is 1. The summed E-state index contributed by atoms with van der Waals surface area (Å²) in [6.07, 6.45) is 3.71. The van der Waals surface area contributed by atoms with E-state index in [9.17, 15) is 9.50 Å². The molecule has 0 radical (unpaired) electrons. The molecule has 2 aliphatic heterocycles. The van der Waals surface area contributed by atoms with Gasteiger partial charge in [0.05, 0.1) is 6.10 Å². The maximum absolute atomic E-state index is 13.3. The fourth-order valence-electron chi connectivity index (χ4n) is 3.71. The molecule has 0 aromatic heterocycles. The Morgan fingerprint density at radius 1 is 1.32 bits per heavy atom. The third kappa shape index (κ3) is 2.39. The number of aliphatic hydroxyl groups is 1. The lowest BCUT2D eigenvalue weighted by Gasteiger charge is -2.38. The van der Waals surface area contributed by atoms with Crippen LogP contribution in [0.1, 0.15) is 37.4 Å². The van der Waals surface area contributed by atoms with Crippen molar-refractivity contribution in [3.8, 4) is 0 Å². The highest BCUT2D eigenvalue weighted by Crippen LogP contribution is 2.43. The van der Waals surface area contributed by atoms with Crippen molar-refractivity contribution in [2.24, 2.45) is 5.92 Å². The average molecular weight is 284 g/mol. The van der Waals surface area contributed by atoms with Crippen molar-refractivity contribution in [2.45, 2.75) is 43.9 Å². The standard InChI is InChI=1S/C15H19ClFNO/c1-18-11-3-4-12(18)7-9(6-11)15(19)13-8-10(17)2-5-14(13)16/h2,5,8-9,11-12,15,19H,3-4,6-7H2,1H3. The molecule has 3 rings (SSSR count). The number of hydrogen-bond donors (Lipinski definition) is 1. The lowest BCUT2D eigenvalue weighted by molar-refractivity contribution is 0.0355. The predicted octanol–water partition coefficient (Wildman–Crippen LogP) is 3.39. The van der Waals surface area contributed by atoms with Gasteiger partial charge in [0.1, 0.15) is 5.82 Å². The Morgan fingerprint density at radius 2 is 1.95 bits per heavy atom. The van der Waals surface area contributed by atoms with E-state index in [0.29, 0.717) is 22.7 Å². The van der Waals surface area contributed by atoms with Crippen molar-refractivity contribution in [1.82, 2.24) is 4.90 Å². The maximum atomic E-state index is 13.3. The van der Waals surface area contributed by atoms with E-state index in [4.69, 9.17) is 11.6 Å². The average Bonchev–Trinajstić information content (AvgIpc) is 2.64. The fraction of sp³-hybridized carbons (Fsp3) is 0.600. The van der Waals surface area contributed by atoms with Gasteiger partial charge in [-0.1, -0.05) is 11.6 Å². The van der Waals surface area contributed by atoms with Gasteiger partial charge in [0.15, 0.2) is 0 Å². The molecule has 1 aromatic carbocycles. The van der Waals surface area contributed by atoms with Crippen LogP contribution in [0.4, 0.5) is 4.39 Å². The Morgan fingerprint density at radius 3 is 2.58 bits per heavy atom. The van der Waals surface area contributed by atoms with Gasteiger partial charge in [-0.15, -0.1) is 0 Å². The van der Waals surface area contributed by atoms with Crippen LogP contribution in [-0.4, -0.2) is 29.1 Å². The number of halogens is 2. The molecule has 2 heterocycles. The molecule has 3 atom stereocenters. The summed E-state index contributed by atoms with van der Waals surface area (Å²) < 4.78 is 13.3. The molecule has 2 aliphatic rings. The summed E-state index contributed by atoms with van der Waals surface area (Å²) in [5.41, 5.74) is 0.538. The van der Waals surface area contributed by atoms with Crippen LogP contribution in [0.5, 0.6) is 0 Å². The molecule has 2 bridgehead atoms. The molecule has 2 saturated heterocycles. The minimum atomic E-state index is -0.653. The summed E-state index contributed by atoms with van der Waals surface area (Å²) in [6, 6.07) is 5.35. The SMILES string of the molecule is CN1C2CCC1CC(C(O)c1cc(F)ccc1Cl)C2. The van der Waals surface area contributed by atoms with Crippen molar-refractivity contribution in [2.75, 3.05) is 7.05 Å². The molecule has 1 aromatic rings. The molecule has 2 fully saturated rings. The zero-order valence-corrected chi connectivity index (χ0v) is 11.8. The quantitative estimate of drug-likeness (QED) is 0.899. The van der Waals surface area contributed by atoms with E-state index < -0.39 is 6.10 Å². The topological polar surface area (TPSA) is 23.5 Å². The van der Waals surface area contributed by atoms with E-state index in [1.807, 2.05) is 0 Å². The molecule has 0 amide bonds. The lowest BCUT2D eigenvalue weighted by Crippen LogP contribution is -2.41. The van der Waals surface area contributed by atoms with E-state index >= 15 is 0 Å². The van der Waals surface area contributed by atoms with E-state index in [2.05, 4.69) is 11.9 Å².